The molecule has 76 valence electrons. The van der Waals surface area contributed by atoms with Crippen molar-refractivity contribution >= 4 is 5.78 Å². The van der Waals surface area contributed by atoms with Gasteiger partial charge in [-0.3, -0.25) is 4.79 Å². The Hall–Kier alpha value is -1.39. The summed E-state index contributed by atoms with van der Waals surface area (Å²) in [6.45, 7) is 1.27. The van der Waals surface area contributed by atoms with Gasteiger partial charge in [0.1, 0.15) is 11.6 Å². The summed E-state index contributed by atoms with van der Waals surface area (Å²) in [5, 5.41) is 0. The fourth-order valence-corrected chi connectivity index (χ4v) is 0.953. The highest BCUT2D eigenvalue weighted by Crippen LogP contribution is 2.17. The van der Waals surface area contributed by atoms with E-state index in [0.29, 0.717) is 12.1 Å². The molecule has 0 atom stereocenters. The van der Waals surface area contributed by atoms with Crippen molar-refractivity contribution in [2.24, 2.45) is 0 Å². The lowest BCUT2D eigenvalue weighted by molar-refractivity contribution is 0.0673. The Balaban J connectivity index is 3.22. The van der Waals surface area contributed by atoms with E-state index >= 15 is 0 Å². The van der Waals surface area contributed by atoms with E-state index in [9.17, 15) is 22.4 Å². The number of hydrogen-bond acceptors (Lipinski definition) is 1. The van der Waals surface area contributed by atoms with Crippen LogP contribution in [0.15, 0.2) is 12.1 Å². The highest BCUT2D eigenvalue weighted by molar-refractivity contribution is 5.98. The standard InChI is InChI=1S/C9H6F4O/c1-4-2-7(11)5(3-6(4)10)8(14)9(12)13/h2-3,9H,1H3. The van der Waals surface area contributed by atoms with Crippen LogP contribution in [0.25, 0.3) is 0 Å². The number of halogens is 4. The van der Waals surface area contributed by atoms with Crippen LogP contribution < -0.4 is 0 Å². The molecule has 0 unspecified atom stereocenters. The summed E-state index contributed by atoms with van der Waals surface area (Å²) in [5.74, 6) is -3.72. The molecule has 1 nitrogen and oxygen atoms in total. The van der Waals surface area contributed by atoms with Crippen LogP contribution >= 0.6 is 0 Å². The van der Waals surface area contributed by atoms with Crippen LogP contribution in [-0.2, 0) is 0 Å². The first-order chi connectivity index (χ1) is 6.43. The molecule has 0 aliphatic carbocycles. The van der Waals surface area contributed by atoms with Crippen molar-refractivity contribution in [2.45, 2.75) is 13.3 Å². The van der Waals surface area contributed by atoms with E-state index in [1.807, 2.05) is 0 Å². The average Bonchev–Trinajstić information content (AvgIpc) is 2.10. The van der Waals surface area contributed by atoms with Crippen LogP contribution in [0.2, 0.25) is 0 Å². The number of rotatable bonds is 2. The molecule has 0 N–H and O–H groups in total. The summed E-state index contributed by atoms with van der Waals surface area (Å²) >= 11 is 0. The molecule has 0 radical (unpaired) electrons. The van der Waals surface area contributed by atoms with Crippen LogP contribution in [-0.4, -0.2) is 12.2 Å². The third kappa shape index (κ3) is 1.92. The summed E-state index contributed by atoms with van der Waals surface area (Å²) < 4.78 is 49.5. The van der Waals surface area contributed by atoms with Gasteiger partial charge in [-0.05, 0) is 24.6 Å². The van der Waals surface area contributed by atoms with Gasteiger partial charge in [0.05, 0.1) is 5.56 Å². The van der Waals surface area contributed by atoms with Crippen LogP contribution in [0.3, 0.4) is 0 Å². The van der Waals surface area contributed by atoms with Crippen molar-refractivity contribution in [1.82, 2.24) is 0 Å². The SMILES string of the molecule is Cc1cc(F)c(C(=O)C(F)F)cc1F. The lowest BCUT2D eigenvalue weighted by atomic mass is 10.1. The molecule has 0 fully saturated rings. The van der Waals surface area contributed by atoms with Crippen LogP contribution in [0.4, 0.5) is 17.6 Å². The number of carbonyl (C=O) groups excluding carboxylic acids is 1. The fraction of sp³-hybridized carbons (Fsp3) is 0.222. The topological polar surface area (TPSA) is 17.1 Å². The highest BCUT2D eigenvalue weighted by Gasteiger charge is 2.22. The van der Waals surface area contributed by atoms with Crippen LogP contribution in [0.1, 0.15) is 15.9 Å². The quantitative estimate of drug-likeness (QED) is 0.537. The molecule has 1 aromatic rings. The van der Waals surface area contributed by atoms with Gasteiger partial charge in [0.25, 0.3) is 0 Å². The minimum absolute atomic E-state index is 0.0340. The Kier molecular flexibility index (Phi) is 2.88. The molecule has 5 heteroatoms. The van der Waals surface area contributed by atoms with Gasteiger partial charge in [-0.1, -0.05) is 0 Å². The van der Waals surface area contributed by atoms with E-state index in [1.54, 1.807) is 0 Å². The van der Waals surface area contributed by atoms with E-state index in [4.69, 9.17) is 0 Å². The van der Waals surface area contributed by atoms with Crippen molar-refractivity contribution in [1.29, 1.82) is 0 Å². The Morgan fingerprint density at radius 1 is 1.21 bits per heavy atom. The van der Waals surface area contributed by atoms with Crippen molar-refractivity contribution in [3.05, 3.63) is 34.9 Å². The van der Waals surface area contributed by atoms with Crippen molar-refractivity contribution in [3.8, 4) is 0 Å². The second-order valence-electron chi connectivity index (χ2n) is 2.75. The first kappa shape index (κ1) is 10.7. The number of benzene rings is 1. The van der Waals surface area contributed by atoms with E-state index < -0.39 is 29.4 Å². The van der Waals surface area contributed by atoms with Gasteiger partial charge in [-0.2, -0.15) is 0 Å². The zero-order chi connectivity index (χ0) is 10.9. The van der Waals surface area contributed by atoms with Crippen molar-refractivity contribution < 1.29 is 22.4 Å². The van der Waals surface area contributed by atoms with E-state index in [2.05, 4.69) is 0 Å². The Morgan fingerprint density at radius 3 is 2.29 bits per heavy atom. The molecular formula is C9H6F4O. The molecule has 0 saturated carbocycles. The predicted molar refractivity (Wildman–Crippen MR) is 41.4 cm³/mol. The minimum Gasteiger partial charge on any atom is -0.288 e. The van der Waals surface area contributed by atoms with E-state index in [1.165, 1.54) is 6.92 Å². The minimum atomic E-state index is -3.33. The first-order valence-electron chi connectivity index (χ1n) is 3.71. The Labute approximate surface area is 77.3 Å². The smallest absolute Gasteiger partial charge is 0.288 e. The third-order valence-electron chi connectivity index (χ3n) is 1.71. The summed E-state index contributed by atoms with van der Waals surface area (Å²) in [4.78, 5) is 10.7. The van der Waals surface area contributed by atoms with Crippen LogP contribution in [0.5, 0.6) is 0 Å². The van der Waals surface area contributed by atoms with Gasteiger partial charge in [-0.25, -0.2) is 17.6 Å². The molecule has 0 heterocycles. The Bertz CT molecular complexity index is 373. The van der Waals surface area contributed by atoms with Crippen LogP contribution in [0, 0.1) is 18.6 Å². The lowest BCUT2D eigenvalue weighted by Gasteiger charge is -2.03. The monoisotopic (exact) mass is 206 g/mol. The first-order valence-corrected chi connectivity index (χ1v) is 3.71. The van der Waals surface area contributed by atoms with Gasteiger partial charge in [-0.15, -0.1) is 0 Å². The predicted octanol–water partition coefficient (Wildman–Crippen LogP) is 2.72. The molecule has 0 aliphatic rings. The molecule has 0 spiro atoms. The van der Waals surface area contributed by atoms with Gasteiger partial charge in [0, 0.05) is 0 Å². The largest absolute Gasteiger partial charge is 0.300 e. The number of alkyl halides is 2. The van der Waals surface area contributed by atoms with Gasteiger partial charge < -0.3 is 0 Å². The zero-order valence-electron chi connectivity index (χ0n) is 7.15. The number of Topliss-reactive ketones (excluding diaryl/α,β-unsaturated/α-hetero) is 1. The summed E-state index contributed by atoms with van der Waals surface area (Å²) in [6, 6.07) is 1.20. The lowest BCUT2D eigenvalue weighted by Crippen LogP contribution is -2.13. The van der Waals surface area contributed by atoms with E-state index in [0.717, 1.165) is 0 Å². The van der Waals surface area contributed by atoms with Crippen molar-refractivity contribution in [2.75, 3.05) is 0 Å². The number of hydrogen-bond donors (Lipinski definition) is 0. The highest BCUT2D eigenvalue weighted by atomic mass is 19.3. The van der Waals surface area contributed by atoms with Crippen molar-refractivity contribution in [3.63, 3.8) is 0 Å². The number of aryl methyl sites for hydroxylation is 1. The van der Waals surface area contributed by atoms with Gasteiger partial charge in [0.15, 0.2) is 0 Å². The average molecular weight is 206 g/mol. The molecule has 0 aliphatic heterocycles. The second kappa shape index (κ2) is 3.77. The number of carbonyl (C=O) groups is 1. The van der Waals surface area contributed by atoms with E-state index in [-0.39, 0.29) is 5.56 Å². The molecule has 0 saturated heterocycles. The molecule has 1 aromatic carbocycles. The summed E-state index contributed by atoms with van der Waals surface area (Å²) in [6.07, 6.45) is -3.33. The zero-order valence-corrected chi connectivity index (χ0v) is 7.15. The molecule has 14 heavy (non-hydrogen) atoms. The Morgan fingerprint density at radius 2 is 1.79 bits per heavy atom. The molecule has 0 amide bonds. The maximum absolute atomic E-state index is 12.9. The second-order valence-corrected chi connectivity index (χ2v) is 2.75. The van der Waals surface area contributed by atoms with Gasteiger partial charge in [0.2, 0.25) is 5.78 Å². The van der Waals surface area contributed by atoms with Gasteiger partial charge >= 0.3 is 6.43 Å². The maximum Gasteiger partial charge on any atom is 0.300 e. The fourth-order valence-electron chi connectivity index (χ4n) is 0.953. The molecular weight excluding hydrogens is 200 g/mol. The third-order valence-corrected chi connectivity index (χ3v) is 1.71. The summed E-state index contributed by atoms with van der Waals surface area (Å²) in [7, 11) is 0. The normalized spacial score (nSPS) is 10.7. The molecule has 0 aromatic heterocycles. The molecule has 1 rings (SSSR count). The summed E-state index contributed by atoms with van der Waals surface area (Å²) in [5.41, 5.74) is -0.948. The number of ketones is 1. The molecule has 0 bridgehead atoms. The maximum atomic E-state index is 12.9.